The molecule has 1 aromatic heterocycles. The van der Waals surface area contributed by atoms with Gasteiger partial charge in [0, 0.05) is 19.3 Å². The predicted molar refractivity (Wildman–Crippen MR) is 73.9 cm³/mol. The van der Waals surface area contributed by atoms with E-state index in [1.54, 1.807) is 0 Å². The van der Waals surface area contributed by atoms with Crippen LogP contribution in [0.15, 0.2) is 18.3 Å². The van der Waals surface area contributed by atoms with Gasteiger partial charge in [0.15, 0.2) is 0 Å². The largest absolute Gasteiger partial charge is 0.394 e. The molecule has 0 amide bonds. The van der Waals surface area contributed by atoms with E-state index in [4.69, 9.17) is 9.84 Å². The molecule has 0 spiro atoms. The molecule has 1 heterocycles. The van der Waals surface area contributed by atoms with Crippen molar-refractivity contribution in [3.8, 4) is 0 Å². The molecule has 0 atom stereocenters. The molecule has 0 aromatic carbocycles. The molecular weight excluding hydrogens is 228 g/mol. The lowest BCUT2D eigenvalue weighted by Gasteiger charge is -2.18. The average molecular weight is 252 g/mol. The van der Waals surface area contributed by atoms with Gasteiger partial charge >= 0.3 is 0 Å². The number of aliphatic hydroxyl groups excluding tert-OH is 1. The highest BCUT2D eigenvalue weighted by Crippen LogP contribution is 2.21. The van der Waals surface area contributed by atoms with Crippen molar-refractivity contribution in [1.29, 1.82) is 0 Å². The lowest BCUT2D eigenvalue weighted by atomic mass is 9.88. The van der Waals surface area contributed by atoms with Gasteiger partial charge in [-0.3, -0.25) is 0 Å². The van der Waals surface area contributed by atoms with Crippen molar-refractivity contribution in [2.45, 2.75) is 32.6 Å². The fraction of sp³-hybridized carbons (Fsp3) is 0.643. The molecule has 18 heavy (non-hydrogen) atoms. The van der Waals surface area contributed by atoms with Crippen molar-refractivity contribution < 1.29 is 9.84 Å². The summed E-state index contributed by atoms with van der Waals surface area (Å²) in [6.07, 6.45) is 2.83. The second kappa shape index (κ2) is 7.34. The van der Waals surface area contributed by atoms with E-state index in [1.165, 1.54) is 5.56 Å². The predicted octanol–water partition coefficient (Wildman–Crippen LogP) is 2.19. The summed E-state index contributed by atoms with van der Waals surface area (Å²) in [6.45, 7) is 8.52. The number of pyridine rings is 1. The van der Waals surface area contributed by atoms with Gasteiger partial charge in [0.1, 0.15) is 5.82 Å². The van der Waals surface area contributed by atoms with Crippen molar-refractivity contribution in [2.75, 3.05) is 31.7 Å². The van der Waals surface area contributed by atoms with Gasteiger partial charge in [-0.1, -0.05) is 26.8 Å². The minimum absolute atomic E-state index is 0.0866. The normalized spacial score (nSPS) is 11.6. The topological polar surface area (TPSA) is 54.4 Å². The summed E-state index contributed by atoms with van der Waals surface area (Å²) in [7, 11) is 0. The SMILES string of the molecule is CC(C)(C)c1ccc(NCCCOCCO)nc1. The van der Waals surface area contributed by atoms with Gasteiger partial charge in [-0.15, -0.1) is 0 Å². The third-order valence-corrected chi connectivity index (χ3v) is 2.64. The average Bonchev–Trinajstić information content (AvgIpc) is 2.33. The van der Waals surface area contributed by atoms with E-state index in [2.05, 4.69) is 37.1 Å². The molecule has 0 aliphatic rings. The van der Waals surface area contributed by atoms with Crippen LogP contribution in [0.5, 0.6) is 0 Å². The highest BCUT2D eigenvalue weighted by atomic mass is 16.5. The van der Waals surface area contributed by atoms with Gasteiger partial charge in [-0.2, -0.15) is 0 Å². The maximum absolute atomic E-state index is 8.54. The van der Waals surface area contributed by atoms with E-state index in [9.17, 15) is 0 Å². The van der Waals surface area contributed by atoms with Gasteiger partial charge in [0.25, 0.3) is 0 Å². The number of hydrogen-bond acceptors (Lipinski definition) is 4. The van der Waals surface area contributed by atoms with E-state index in [0.29, 0.717) is 13.2 Å². The number of nitrogens with one attached hydrogen (secondary N) is 1. The lowest BCUT2D eigenvalue weighted by Crippen LogP contribution is -2.12. The summed E-state index contributed by atoms with van der Waals surface area (Å²) >= 11 is 0. The Balaban J connectivity index is 2.27. The van der Waals surface area contributed by atoms with Gasteiger partial charge in [0.05, 0.1) is 13.2 Å². The molecule has 0 bridgehead atoms. The summed E-state index contributed by atoms with van der Waals surface area (Å²) in [5.74, 6) is 0.894. The number of anilines is 1. The van der Waals surface area contributed by atoms with Crippen molar-refractivity contribution in [1.82, 2.24) is 4.98 Å². The van der Waals surface area contributed by atoms with Crippen LogP contribution in [0.3, 0.4) is 0 Å². The summed E-state index contributed by atoms with van der Waals surface area (Å²) < 4.78 is 5.17. The Hall–Kier alpha value is -1.13. The molecule has 0 aliphatic carbocycles. The highest BCUT2D eigenvalue weighted by molar-refractivity contribution is 5.36. The Morgan fingerprint density at radius 3 is 2.61 bits per heavy atom. The zero-order valence-electron chi connectivity index (χ0n) is 11.6. The first-order valence-corrected chi connectivity index (χ1v) is 6.43. The van der Waals surface area contributed by atoms with Gasteiger partial charge in [0.2, 0.25) is 0 Å². The molecule has 1 aromatic rings. The van der Waals surface area contributed by atoms with E-state index < -0.39 is 0 Å². The Kier molecular flexibility index (Phi) is 6.09. The van der Waals surface area contributed by atoms with Crippen LogP contribution in [0.4, 0.5) is 5.82 Å². The van der Waals surface area contributed by atoms with Gasteiger partial charge < -0.3 is 15.2 Å². The van der Waals surface area contributed by atoms with E-state index in [-0.39, 0.29) is 12.0 Å². The molecule has 0 saturated heterocycles. The fourth-order valence-electron chi connectivity index (χ4n) is 1.50. The lowest BCUT2D eigenvalue weighted by molar-refractivity contribution is 0.0922. The molecule has 102 valence electrons. The summed E-state index contributed by atoms with van der Waals surface area (Å²) in [5, 5.41) is 11.8. The molecule has 0 radical (unpaired) electrons. The highest BCUT2D eigenvalue weighted by Gasteiger charge is 2.13. The van der Waals surface area contributed by atoms with Crippen molar-refractivity contribution in [3.05, 3.63) is 23.9 Å². The van der Waals surface area contributed by atoms with E-state index >= 15 is 0 Å². The quantitative estimate of drug-likeness (QED) is 0.730. The van der Waals surface area contributed by atoms with Crippen LogP contribution < -0.4 is 5.32 Å². The maximum Gasteiger partial charge on any atom is 0.125 e. The summed E-state index contributed by atoms with van der Waals surface area (Å²) in [4.78, 5) is 4.39. The van der Waals surface area contributed by atoms with E-state index in [0.717, 1.165) is 18.8 Å². The second-order valence-corrected chi connectivity index (χ2v) is 5.30. The molecule has 2 N–H and O–H groups in total. The third kappa shape index (κ3) is 5.47. The Bertz CT molecular complexity index is 331. The van der Waals surface area contributed by atoms with Crippen LogP contribution in [-0.4, -0.2) is 36.5 Å². The van der Waals surface area contributed by atoms with Crippen LogP contribution in [0.1, 0.15) is 32.8 Å². The van der Waals surface area contributed by atoms with Gasteiger partial charge in [-0.25, -0.2) is 4.98 Å². The van der Waals surface area contributed by atoms with Crippen LogP contribution in [0.25, 0.3) is 0 Å². The van der Waals surface area contributed by atoms with E-state index in [1.807, 2.05) is 12.3 Å². The first kappa shape index (κ1) is 14.9. The Labute approximate surface area is 109 Å². The fourth-order valence-corrected chi connectivity index (χ4v) is 1.50. The van der Waals surface area contributed by atoms with Crippen molar-refractivity contribution in [2.24, 2.45) is 0 Å². The van der Waals surface area contributed by atoms with Gasteiger partial charge in [-0.05, 0) is 23.5 Å². The number of hydrogen-bond donors (Lipinski definition) is 2. The number of nitrogens with zero attached hydrogens (tertiary/aromatic N) is 1. The van der Waals surface area contributed by atoms with Crippen LogP contribution in [-0.2, 0) is 10.2 Å². The maximum atomic E-state index is 8.54. The van der Waals surface area contributed by atoms with Crippen molar-refractivity contribution in [3.63, 3.8) is 0 Å². The van der Waals surface area contributed by atoms with Crippen LogP contribution >= 0.6 is 0 Å². The molecule has 0 saturated carbocycles. The number of rotatable bonds is 7. The number of aliphatic hydroxyl groups is 1. The summed E-state index contributed by atoms with van der Waals surface area (Å²) in [5.41, 5.74) is 1.38. The zero-order valence-corrected chi connectivity index (χ0v) is 11.6. The molecule has 0 fully saturated rings. The first-order chi connectivity index (χ1) is 8.54. The second-order valence-electron chi connectivity index (χ2n) is 5.30. The zero-order chi connectivity index (χ0) is 13.4. The monoisotopic (exact) mass is 252 g/mol. The molecule has 0 unspecified atom stereocenters. The smallest absolute Gasteiger partial charge is 0.125 e. The molecule has 4 heteroatoms. The molecule has 1 rings (SSSR count). The number of aromatic nitrogens is 1. The minimum atomic E-state index is 0.0866. The van der Waals surface area contributed by atoms with Crippen LogP contribution in [0.2, 0.25) is 0 Å². The standard InChI is InChI=1S/C14H24N2O2/c1-14(2,3)12-5-6-13(16-11-12)15-7-4-9-18-10-8-17/h5-6,11,17H,4,7-10H2,1-3H3,(H,15,16). The first-order valence-electron chi connectivity index (χ1n) is 6.43. The van der Waals surface area contributed by atoms with Crippen molar-refractivity contribution >= 4 is 5.82 Å². The molecule has 0 aliphatic heterocycles. The molecular formula is C14H24N2O2. The minimum Gasteiger partial charge on any atom is -0.394 e. The Morgan fingerprint density at radius 2 is 2.06 bits per heavy atom. The Morgan fingerprint density at radius 1 is 1.28 bits per heavy atom. The van der Waals surface area contributed by atoms with Crippen LogP contribution in [0, 0.1) is 0 Å². The third-order valence-electron chi connectivity index (χ3n) is 2.64. The number of ether oxygens (including phenoxy) is 1. The molecule has 4 nitrogen and oxygen atoms in total. The summed E-state index contributed by atoms with van der Waals surface area (Å²) in [6, 6.07) is 4.12.